The second kappa shape index (κ2) is 3.66. The van der Waals surface area contributed by atoms with Crippen LogP contribution in [0.15, 0.2) is 23.1 Å². The van der Waals surface area contributed by atoms with Crippen LogP contribution < -0.4 is 0 Å². The number of aryl methyl sites for hydroxylation is 1. The Morgan fingerprint density at radius 1 is 1.17 bits per heavy atom. The third kappa shape index (κ3) is 1.79. The first-order chi connectivity index (χ1) is 8.07. The van der Waals surface area contributed by atoms with Crippen molar-refractivity contribution in [1.29, 1.82) is 0 Å². The highest BCUT2D eigenvalue weighted by Gasteiger charge is 2.52. The summed E-state index contributed by atoms with van der Waals surface area (Å²) in [6.45, 7) is 0. The first-order valence-electron chi connectivity index (χ1n) is 4.89. The number of rotatable bonds is 1. The topological polar surface area (TPSA) is 34.1 Å². The summed E-state index contributed by atoms with van der Waals surface area (Å²) in [7, 11) is -5.75. The highest BCUT2D eigenvalue weighted by atomic mass is 32.2. The van der Waals surface area contributed by atoms with Crippen LogP contribution in [0.5, 0.6) is 0 Å². The molecule has 0 amide bonds. The van der Waals surface area contributed by atoms with Gasteiger partial charge in [0.1, 0.15) is 0 Å². The fourth-order valence-electron chi connectivity index (χ4n) is 1.97. The normalized spacial score (nSPS) is 18.7. The molecule has 100 valence electrons. The standard InChI is InChI=1S/C10H7F5O2S/c11-9(12)5-4-6-2-1-3-7(8(6)9)18(16,17)10(13,14)15/h1-3H,4-5H2. The maximum absolute atomic E-state index is 13.5. The van der Waals surface area contributed by atoms with Gasteiger partial charge in [-0.05, 0) is 18.1 Å². The van der Waals surface area contributed by atoms with Crippen molar-refractivity contribution in [2.45, 2.75) is 29.2 Å². The predicted molar refractivity (Wildman–Crippen MR) is 51.9 cm³/mol. The summed E-state index contributed by atoms with van der Waals surface area (Å²) in [5.74, 6) is -3.54. The van der Waals surface area contributed by atoms with E-state index in [0.29, 0.717) is 6.07 Å². The molecule has 2 nitrogen and oxygen atoms in total. The zero-order valence-corrected chi connectivity index (χ0v) is 9.58. The van der Waals surface area contributed by atoms with Crippen LogP contribution in [0.3, 0.4) is 0 Å². The molecule has 18 heavy (non-hydrogen) atoms. The Labute approximate surface area is 99.3 Å². The highest BCUT2D eigenvalue weighted by Crippen LogP contribution is 2.46. The van der Waals surface area contributed by atoms with E-state index < -0.39 is 38.1 Å². The summed E-state index contributed by atoms with van der Waals surface area (Å²) in [5, 5.41) is 0. The molecule has 0 saturated carbocycles. The molecule has 0 fully saturated rings. The van der Waals surface area contributed by atoms with E-state index >= 15 is 0 Å². The van der Waals surface area contributed by atoms with Crippen molar-refractivity contribution in [2.75, 3.05) is 0 Å². The fourth-order valence-corrected chi connectivity index (χ4v) is 3.02. The summed E-state index contributed by atoms with van der Waals surface area (Å²) in [6, 6.07) is 2.82. The number of fused-ring (bicyclic) bond motifs is 1. The predicted octanol–water partition coefficient (Wildman–Crippen LogP) is 3.02. The molecule has 8 heteroatoms. The maximum Gasteiger partial charge on any atom is 0.501 e. The van der Waals surface area contributed by atoms with E-state index in [9.17, 15) is 30.4 Å². The van der Waals surface area contributed by atoms with Gasteiger partial charge in [-0.25, -0.2) is 17.2 Å². The molecule has 0 atom stereocenters. The van der Waals surface area contributed by atoms with Crippen LogP contribution in [0.1, 0.15) is 17.5 Å². The fraction of sp³-hybridized carbons (Fsp3) is 0.400. The minimum atomic E-state index is -5.75. The first-order valence-corrected chi connectivity index (χ1v) is 6.37. The molecule has 2 rings (SSSR count). The van der Waals surface area contributed by atoms with Crippen LogP contribution in [0.25, 0.3) is 0 Å². The lowest BCUT2D eigenvalue weighted by Crippen LogP contribution is -2.26. The van der Waals surface area contributed by atoms with Crippen LogP contribution in [0, 0.1) is 0 Å². The molecule has 0 N–H and O–H groups in total. The van der Waals surface area contributed by atoms with Crippen LogP contribution in [-0.2, 0) is 22.2 Å². The molecular weight excluding hydrogens is 279 g/mol. The molecule has 1 aliphatic rings. The van der Waals surface area contributed by atoms with Crippen molar-refractivity contribution in [3.63, 3.8) is 0 Å². The molecule has 0 heterocycles. The van der Waals surface area contributed by atoms with Crippen LogP contribution in [0.2, 0.25) is 0 Å². The molecule has 0 aromatic heterocycles. The summed E-state index contributed by atoms with van der Waals surface area (Å²) in [6.07, 6.45) is -0.809. The van der Waals surface area contributed by atoms with Crippen molar-refractivity contribution in [1.82, 2.24) is 0 Å². The Morgan fingerprint density at radius 2 is 1.78 bits per heavy atom. The molecule has 0 saturated heterocycles. The quantitative estimate of drug-likeness (QED) is 0.744. The zero-order chi connectivity index (χ0) is 13.8. The zero-order valence-electron chi connectivity index (χ0n) is 8.76. The summed E-state index contributed by atoms with van der Waals surface area (Å²) < 4.78 is 86.7. The monoisotopic (exact) mass is 286 g/mol. The lowest BCUT2D eigenvalue weighted by Gasteiger charge is -2.16. The van der Waals surface area contributed by atoms with E-state index in [4.69, 9.17) is 0 Å². The molecular formula is C10H7F5O2S. The number of hydrogen-bond donors (Lipinski definition) is 0. The summed E-state index contributed by atoms with van der Waals surface area (Å²) in [4.78, 5) is -1.34. The average molecular weight is 286 g/mol. The van der Waals surface area contributed by atoms with Gasteiger partial charge in [0.2, 0.25) is 0 Å². The van der Waals surface area contributed by atoms with Crippen molar-refractivity contribution in [3.8, 4) is 0 Å². The van der Waals surface area contributed by atoms with Gasteiger partial charge >= 0.3 is 5.51 Å². The van der Waals surface area contributed by atoms with Gasteiger partial charge in [-0.15, -0.1) is 0 Å². The van der Waals surface area contributed by atoms with E-state index in [1.54, 1.807) is 0 Å². The van der Waals surface area contributed by atoms with Gasteiger partial charge in [0.15, 0.2) is 0 Å². The van der Waals surface area contributed by atoms with Crippen molar-refractivity contribution < 1.29 is 30.4 Å². The van der Waals surface area contributed by atoms with Gasteiger partial charge in [0, 0.05) is 12.0 Å². The lowest BCUT2D eigenvalue weighted by molar-refractivity contribution is -0.0442. The van der Waals surface area contributed by atoms with E-state index in [-0.39, 0.29) is 12.0 Å². The lowest BCUT2D eigenvalue weighted by atomic mass is 10.1. The van der Waals surface area contributed by atoms with Crippen molar-refractivity contribution in [3.05, 3.63) is 29.3 Å². The smallest absolute Gasteiger partial charge is 0.214 e. The van der Waals surface area contributed by atoms with Gasteiger partial charge in [-0.2, -0.15) is 13.2 Å². The molecule has 0 aliphatic heterocycles. The molecule has 0 spiro atoms. The van der Waals surface area contributed by atoms with E-state index in [1.807, 2.05) is 0 Å². The van der Waals surface area contributed by atoms with Gasteiger partial charge in [-0.3, -0.25) is 0 Å². The van der Waals surface area contributed by atoms with Gasteiger partial charge in [0.25, 0.3) is 15.8 Å². The summed E-state index contributed by atoms with van der Waals surface area (Å²) >= 11 is 0. The largest absolute Gasteiger partial charge is 0.501 e. The minimum absolute atomic E-state index is 0.0506. The van der Waals surface area contributed by atoms with Crippen LogP contribution >= 0.6 is 0 Å². The Balaban J connectivity index is 2.74. The molecule has 1 aliphatic carbocycles. The van der Waals surface area contributed by atoms with Crippen LogP contribution in [-0.4, -0.2) is 13.9 Å². The maximum atomic E-state index is 13.5. The Kier molecular flexibility index (Phi) is 2.69. The third-order valence-electron chi connectivity index (χ3n) is 2.78. The molecule has 1 aromatic carbocycles. The second-order valence-electron chi connectivity index (χ2n) is 3.94. The Hall–Kier alpha value is -1.18. The van der Waals surface area contributed by atoms with E-state index in [0.717, 1.165) is 6.07 Å². The van der Waals surface area contributed by atoms with Crippen molar-refractivity contribution in [2.24, 2.45) is 0 Å². The van der Waals surface area contributed by atoms with E-state index in [2.05, 4.69) is 0 Å². The highest BCUT2D eigenvalue weighted by molar-refractivity contribution is 7.92. The minimum Gasteiger partial charge on any atom is -0.214 e. The summed E-state index contributed by atoms with van der Waals surface area (Å²) in [5.41, 5.74) is -6.64. The van der Waals surface area contributed by atoms with Gasteiger partial charge in [-0.1, -0.05) is 12.1 Å². The number of sulfone groups is 1. The van der Waals surface area contributed by atoms with Crippen LogP contribution in [0.4, 0.5) is 22.0 Å². The molecule has 0 bridgehead atoms. The van der Waals surface area contributed by atoms with Gasteiger partial charge < -0.3 is 0 Å². The second-order valence-corrected chi connectivity index (χ2v) is 5.85. The van der Waals surface area contributed by atoms with E-state index in [1.165, 1.54) is 6.07 Å². The Bertz CT molecular complexity index is 589. The number of alkyl halides is 5. The average Bonchev–Trinajstić information content (AvgIpc) is 2.53. The molecule has 0 radical (unpaired) electrons. The number of halogens is 5. The molecule has 1 aromatic rings. The number of benzene rings is 1. The van der Waals surface area contributed by atoms with Gasteiger partial charge in [0.05, 0.1) is 4.90 Å². The number of hydrogen-bond acceptors (Lipinski definition) is 2. The van der Waals surface area contributed by atoms with Crippen molar-refractivity contribution >= 4 is 9.84 Å². The Morgan fingerprint density at radius 3 is 2.33 bits per heavy atom. The third-order valence-corrected chi connectivity index (χ3v) is 4.31. The first kappa shape index (κ1) is 13.3. The molecule has 0 unspecified atom stereocenters. The SMILES string of the molecule is O=S(=O)(c1cccc2c1C(F)(F)CC2)C(F)(F)F.